The summed E-state index contributed by atoms with van der Waals surface area (Å²) in [6.07, 6.45) is 3.83. The van der Waals surface area contributed by atoms with Crippen molar-refractivity contribution in [1.82, 2.24) is 15.1 Å². The van der Waals surface area contributed by atoms with E-state index in [-0.39, 0.29) is 11.3 Å². The maximum Gasteiger partial charge on any atom is 0.338 e. The van der Waals surface area contributed by atoms with Crippen LogP contribution in [0.25, 0.3) is 5.69 Å². The molecular weight excluding hydrogens is 430 g/mol. The quantitative estimate of drug-likeness (QED) is 0.682. The van der Waals surface area contributed by atoms with Crippen LogP contribution in [0.5, 0.6) is 0 Å². The molecule has 1 aromatic heterocycles. The van der Waals surface area contributed by atoms with Crippen molar-refractivity contribution in [3.63, 3.8) is 0 Å². The molecule has 4 rings (SSSR count). The Kier molecular flexibility index (Phi) is 6.58. The van der Waals surface area contributed by atoms with Crippen molar-refractivity contribution < 1.29 is 19.1 Å². The number of benzene rings is 1. The van der Waals surface area contributed by atoms with Gasteiger partial charge >= 0.3 is 5.97 Å². The molecule has 0 atom stereocenters. The summed E-state index contributed by atoms with van der Waals surface area (Å²) >= 11 is 6.43. The van der Waals surface area contributed by atoms with E-state index in [4.69, 9.17) is 26.2 Å². The molecule has 0 saturated carbocycles. The highest BCUT2D eigenvalue weighted by molar-refractivity contribution is 6.31. The third-order valence-electron chi connectivity index (χ3n) is 6.57. The highest BCUT2D eigenvalue weighted by Gasteiger charge is 2.40. The maximum absolute atomic E-state index is 13.1. The van der Waals surface area contributed by atoms with Crippen LogP contribution in [0.3, 0.4) is 0 Å². The van der Waals surface area contributed by atoms with E-state index in [1.165, 1.54) is 0 Å². The third-order valence-corrected chi connectivity index (χ3v) is 6.78. The Labute approximate surface area is 193 Å². The van der Waals surface area contributed by atoms with Gasteiger partial charge in [0, 0.05) is 24.8 Å². The van der Waals surface area contributed by atoms with E-state index < -0.39 is 5.97 Å². The number of aryl methyl sites for hydroxylation is 1. The number of halogens is 1. The molecule has 2 aliphatic heterocycles. The number of nitrogens with one attached hydrogen (secondary N) is 1. The molecule has 1 spiro atoms. The van der Waals surface area contributed by atoms with E-state index in [0.29, 0.717) is 61.0 Å². The fourth-order valence-electron chi connectivity index (χ4n) is 4.68. The molecule has 2 aromatic rings. The third kappa shape index (κ3) is 4.16. The maximum atomic E-state index is 13.1. The van der Waals surface area contributed by atoms with Gasteiger partial charge in [-0.1, -0.05) is 25.4 Å². The molecule has 1 amide bonds. The van der Waals surface area contributed by atoms with E-state index in [1.807, 2.05) is 25.5 Å². The molecule has 7 nitrogen and oxygen atoms in total. The zero-order valence-electron chi connectivity index (χ0n) is 18.9. The van der Waals surface area contributed by atoms with Crippen LogP contribution in [0.4, 0.5) is 0 Å². The molecule has 0 radical (unpaired) electrons. The Morgan fingerprint density at radius 2 is 2.06 bits per heavy atom. The number of hydrogen-bond acceptors (Lipinski definition) is 5. The number of rotatable bonds is 5. The van der Waals surface area contributed by atoms with Crippen molar-refractivity contribution in [3.05, 3.63) is 45.2 Å². The van der Waals surface area contributed by atoms with Crippen molar-refractivity contribution in [2.75, 3.05) is 26.4 Å². The highest BCUT2D eigenvalue weighted by atomic mass is 35.5. The fourth-order valence-corrected chi connectivity index (χ4v) is 4.89. The lowest BCUT2D eigenvalue weighted by Gasteiger charge is -2.36. The molecule has 32 heavy (non-hydrogen) atoms. The number of fused-ring (bicyclic) bond motifs is 1. The first-order valence-corrected chi connectivity index (χ1v) is 11.7. The van der Waals surface area contributed by atoms with Gasteiger partial charge in [0.15, 0.2) is 0 Å². The fraction of sp³-hybridized carbons (Fsp3) is 0.542. The summed E-state index contributed by atoms with van der Waals surface area (Å²) in [5.74, 6) is -0.491. The number of aromatic nitrogens is 2. The summed E-state index contributed by atoms with van der Waals surface area (Å²) in [5, 5.41) is 8.39. The van der Waals surface area contributed by atoms with Crippen molar-refractivity contribution in [3.8, 4) is 5.69 Å². The van der Waals surface area contributed by atoms with Gasteiger partial charge in [-0.25, -0.2) is 9.48 Å². The number of esters is 1. The number of carbonyl (C=O) groups excluding carboxylic acids is 2. The van der Waals surface area contributed by atoms with Gasteiger partial charge < -0.3 is 14.8 Å². The van der Waals surface area contributed by atoms with Crippen LogP contribution in [0.15, 0.2) is 12.1 Å². The molecule has 1 aromatic carbocycles. The molecule has 1 saturated heterocycles. The Bertz CT molecular complexity index is 1040. The number of amides is 1. The summed E-state index contributed by atoms with van der Waals surface area (Å²) in [6.45, 7) is 8.15. The lowest BCUT2D eigenvalue weighted by atomic mass is 9.76. The first kappa shape index (κ1) is 22.8. The van der Waals surface area contributed by atoms with E-state index >= 15 is 0 Å². The van der Waals surface area contributed by atoms with Crippen molar-refractivity contribution in [1.29, 1.82) is 0 Å². The summed E-state index contributed by atoms with van der Waals surface area (Å²) in [5.41, 5.74) is 4.04. The van der Waals surface area contributed by atoms with Gasteiger partial charge in [0.25, 0.3) is 5.91 Å². The Morgan fingerprint density at radius 3 is 2.75 bits per heavy atom. The second-order valence-electron chi connectivity index (χ2n) is 8.74. The van der Waals surface area contributed by atoms with Crippen LogP contribution in [-0.4, -0.2) is 48.0 Å². The van der Waals surface area contributed by atoms with Gasteiger partial charge in [-0.3, -0.25) is 4.79 Å². The number of ether oxygens (including phenoxy) is 2. The second-order valence-corrected chi connectivity index (χ2v) is 9.18. The molecule has 3 heterocycles. The van der Waals surface area contributed by atoms with Gasteiger partial charge in [0.2, 0.25) is 0 Å². The molecule has 2 aliphatic rings. The van der Waals surface area contributed by atoms with Crippen LogP contribution >= 0.6 is 11.6 Å². The summed E-state index contributed by atoms with van der Waals surface area (Å²) in [4.78, 5) is 25.8. The average Bonchev–Trinajstić information content (AvgIpc) is 3.09. The van der Waals surface area contributed by atoms with Crippen molar-refractivity contribution >= 4 is 23.5 Å². The molecule has 0 aliphatic carbocycles. The van der Waals surface area contributed by atoms with Gasteiger partial charge in [0.05, 0.1) is 34.8 Å². The smallest absolute Gasteiger partial charge is 0.338 e. The van der Waals surface area contributed by atoms with Gasteiger partial charge in [-0.05, 0) is 62.1 Å². The minimum Gasteiger partial charge on any atom is -0.462 e. The first-order valence-electron chi connectivity index (χ1n) is 11.3. The molecule has 1 N–H and O–H groups in total. The lowest BCUT2D eigenvalue weighted by molar-refractivity contribution is 0.0155. The molecule has 8 heteroatoms. The van der Waals surface area contributed by atoms with Crippen LogP contribution in [0, 0.1) is 12.3 Å². The molecular formula is C24H30ClN3O4. The number of hydrogen-bond donors (Lipinski definition) is 1. The van der Waals surface area contributed by atoms with E-state index in [0.717, 1.165) is 36.2 Å². The minimum absolute atomic E-state index is 0.0721. The van der Waals surface area contributed by atoms with Crippen LogP contribution in [0.1, 0.15) is 70.8 Å². The van der Waals surface area contributed by atoms with Gasteiger partial charge in [-0.2, -0.15) is 5.10 Å². The minimum atomic E-state index is -0.402. The van der Waals surface area contributed by atoms with Gasteiger partial charge in [0.1, 0.15) is 0 Å². The monoisotopic (exact) mass is 459 g/mol. The first-order chi connectivity index (χ1) is 15.4. The van der Waals surface area contributed by atoms with E-state index in [9.17, 15) is 9.59 Å². The van der Waals surface area contributed by atoms with E-state index in [1.54, 1.807) is 12.1 Å². The Hall–Kier alpha value is -2.38. The molecule has 0 unspecified atom stereocenters. The Morgan fingerprint density at radius 1 is 1.31 bits per heavy atom. The lowest BCUT2D eigenvalue weighted by Crippen LogP contribution is -2.40. The number of nitrogens with zero attached hydrogens (tertiary/aromatic N) is 2. The topological polar surface area (TPSA) is 82.5 Å². The highest BCUT2D eigenvalue weighted by Crippen LogP contribution is 2.38. The van der Waals surface area contributed by atoms with Gasteiger partial charge in [-0.15, -0.1) is 0 Å². The van der Waals surface area contributed by atoms with Crippen molar-refractivity contribution in [2.45, 2.75) is 52.9 Å². The zero-order chi connectivity index (χ0) is 22.9. The van der Waals surface area contributed by atoms with Crippen LogP contribution in [-0.2, 0) is 22.3 Å². The standard InChI is InChI=1S/C24H30ClN3O4/c1-4-8-32-23(30)17-11-16(25)12-19(15(17)3)28-20-13-24(6-9-31-10-7-24)14-26-22(29)21(20)18(5-2)27-28/h11-12H,4-10,13-14H2,1-3H3,(H,26,29). The number of carbonyl (C=O) groups is 2. The molecule has 172 valence electrons. The summed E-state index contributed by atoms with van der Waals surface area (Å²) in [6, 6.07) is 3.44. The largest absolute Gasteiger partial charge is 0.462 e. The normalized spacial score (nSPS) is 17.6. The van der Waals surface area contributed by atoms with Crippen molar-refractivity contribution in [2.24, 2.45) is 5.41 Å². The SMILES string of the molecule is CCCOC(=O)c1cc(Cl)cc(-n2nc(CC)c3c2CC2(CCOCC2)CNC3=O)c1C. The predicted octanol–water partition coefficient (Wildman–Crippen LogP) is 4.05. The van der Waals surface area contributed by atoms with Crippen LogP contribution in [0.2, 0.25) is 5.02 Å². The summed E-state index contributed by atoms with van der Waals surface area (Å²) < 4.78 is 12.8. The second kappa shape index (κ2) is 9.24. The summed E-state index contributed by atoms with van der Waals surface area (Å²) in [7, 11) is 0. The zero-order valence-corrected chi connectivity index (χ0v) is 19.7. The van der Waals surface area contributed by atoms with Crippen LogP contribution < -0.4 is 5.32 Å². The Balaban J connectivity index is 1.86. The molecule has 0 bridgehead atoms. The average molecular weight is 460 g/mol. The van der Waals surface area contributed by atoms with E-state index in [2.05, 4.69) is 5.32 Å². The molecule has 1 fully saturated rings. The predicted molar refractivity (Wildman–Crippen MR) is 122 cm³/mol.